The van der Waals surface area contributed by atoms with Crippen LogP contribution in [0.5, 0.6) is 0 Å². The number of hydrogen-bond donors (Lipinski definition) is 0. The van der Waals surface area contributed by atoms with Gasteiger partial charge in [0.05, 0.1) is 6.61 Å². The van der Waals surface area contributed by atoms with Crippen molar-refractivity contribution in [2.75, 3.05) is 19.7 Å². The van der Waals surface area contributed by atoms with E-state index < -0.39 is 0 Å². The second-order valence-electron chi connectivity index (χ2n) is 4.03. The fourth-order valence-corrected chi connectivity index (χ4v) is 1.50. The molecule has 0 amide bonds. The van der Waals surface area contributed by atoms with Crippen LogP contribution in [0.25, 0.3) is 0 Å². The molecule has 0 fully saturated rings. The van der Waals surface area contributed by atoms with Gasteiger partial charge in [-0.05, 0) is 26.3 Å². The molecule has 2 unspecified atom stereocenters. The third-order valence-electron chi connectivity index (χ3n) is 2.82. The van der Waals surface area contributed by atoms with E-state index in [0.717, 1.165) is 19.5 Å². The Hall–Kier alpha value is -0.570. The van der Waals surface area contributed by atoms with Gasteiger partial charge in [0, 0.05) is 6.54 Å². The van der Waals surface area contributed by atoms with Gasteiger partial charge in [-0.2, -0.15) is 0 Å². The number of esters is 1. The molecule has 0 aromatic rings. The first-order valence-electron chi connectivity index (χ1n) is 5.97. The van der Waals surface area contributed by atoms with E-state index in [2.05, 4.69) is 25.7 Å². The second kappa shape index (κ2) is 7.69. The fraction of sp³-hybridized carbons (Fsp3) is 0.917. The van der Waals surface area contributed by atoms with E-state index in [1.54, 1.807) is 0 Å². The van der Waals surface area contributed by atoms with Crippen LogP contribution in [-0.4, -0.2) is 36.6 Å². The molecule has 3 heteroatoms. The van der Waals surface area contributed by atoms with Crippen molar-refractivity contribution < 1.29 is 9.53 Å². The van der Waals surface area contributed by atoms with E-state index in [0.29, 0.717) is 12.5 Å². The summed E-state index contributed by atoms with van der Waals surface area (Å²) < 4.78 is 5.02. The molecule has 0 aromatic carbocycles. The predicted octanol–water partition coefficient (Wildman–Crippen LogP) is 2.31. The first-order chi connectivity index (χ1) is 7.06. The largest absolute Gasteiger partial charge is 0.465 e. The normalized spacial score (nSPS) is 15.1. The summed E-state index contributed by atoms with van der Waals surface area (Å²) in [5.41, 5.74) is 0. The summed E-state index contributed by atoms with van der Waals surface area (Å²) in [6, 6.07) is -0.121. The molecule has 0 bridgehead atoms. The van der Waals surface area contributed by atoms with Crippen LogP contribution in [0.4, 0.5) is 0 Å². The highest BCUT2D eigenvalue weighted by Crippen LogP contribution is 2.08. The number of hydrogen-bond acceptors (Lipinski definition) is 3. The van der Waals surface area contributed by atoms with E-state index in [1.807, 2.05) is 13.8 Å². The van der Waals surface area contributed by atoms with Crippen molar-refractivity contribution in [3.8, 4) is 0 Å². The molecule has 0 saturated heterocycles. The number of likely N-dealkylation sites (N-methyl/N-ethyl adjacent to an activating group) is 1. The highest BCUT2D eigenvalue weighted by Gasteiger charge is 2.21. The Kier molecular flexibility index (Phi) is 7.39. The van der Waals surface area contributed by atoms with Gasteiger partial charge in [0.1, 0.15) is 6.04 Å². The molecule has 0 radical (unpaired) electrons. The lowest BCUT2D eigenvalue weighted by atomic mass is 10.1. The molecule has 0 rings (SSSR count). The van der Waals surface area contributed by atoms with Gasteiger partial charge in [0.25, 0.3) is 0 Å². The molecule has 15 heavy (non-hydrogen) atoms. The van der Waals surface area contributed by atoms with Gasteiger partial charge < -0.3 is 4.74 Å². The summed E-state index contributed by atoms with van der Waals surface area (Å²) >= 11 is 0. The maximum absolute atomic E-state index is 11.5. The van der Waals surface area contributed by atoms with Crippen LogP contribution < -0.4 is 0 Å². The molecule has 0 aromatic heterocycles. The third-order valence-corrected chi connectivity index (χ3v) is 2.82. The monoisotopic (exact) mass is 215 g/mol. The number of carbonyl (C=O) groups excluding carboxylic acids is 1. The Balaban J connectivity index is 4.20. The first-order valence-corrected chi connectivity index (χ1v) is 5.97. The first kappa shape index (κ1) is 14.4. The molecule has 0 N–H and O–H groups in total. The van der Waals surface area contributed by atoms with Crippen molar-refractivity contribution in [3.63, 3.8) is 0 Å². The van der Waals surface area contributed by atoms with Crippen molar-refractivity contribution in [1.29, 1.82) is 0 Å². The minimum Gasteiger partial charge on any atom is -0.465 e. The molecule has 0 spiro atoms. The summed E-state index contributed by atoms with van der Waals surface area (Å²) in [5.74, 6) is 0.518. The van der Waals surface area contributed by atoms with Crippen LogP contribution in [0, 0.1) is 5.92 Å². The van der Waals surface area contributed by atoms with Gasteiger partial charge in [-0.3, -0.25) is 9.69 Å². The molecular weight excluding hydrogens is 190 g/mol. The predicted molar refractivity (Wildman–Crippen MR) is 62.8 cm³/mol. The third kappa shape index (κ3) is 5.17. The molecule has 0 aliphatic rings. The Labute approximate surface area is 93.8 Å². The standard InChI is InChI=1S/C12H25NO2/c1-6-10(4)9-13(7-2)11(5)12(14)15-8-3/h10-11H,6-9H2,1-5H3. The van der Waals surface area contributed by atoms with Crippen LogP contribution in [0.1, 0.15) is 41.0 Å². The lowest BCUT2D eigenvalue weighted by Gasteiger charge is -2.28. The molecule has 0 heterocycles. The van der Waals surface area contributed by atoms with Crippen LogP contribution in [-0.2, 0) is 9.53 Å². The number of carbonyl (C=O) groups is 1. The van der Waals surface area contributed by atoms with E-state index in [9.17, 15) is 4.79 Å². The van der Waals surface area contributed by atoms with E-state index in [4.69, 9.17) is 4.74 Å². The Bertz CT molecular complexity index is 182. The van der Waals surface area contributed by atoms with Crippen molar-refractivity contribution in [2.45, 2.75) is 47.1 Å². The zero-order chi connectivity index (χ0) is 11.8. The van der Waals surface area contributed by atoms with Gasteiger partial charge in [-0.25, -0.2) is 0 Å². The highest BCUT2D eigenvalue weighted by atomic mass is 16.5. The van der Waals surface area contributed by atoms with E-state index >= 15 is 0 Å². The van der Waals surface area contributed by atoms with Crippen molar-refractivity contribution >= 4 is 5.97 Å². The molecule has 90 valence electrons. The van der Waals surface area contributed by atoms with Crippen LogP contribution in [0.15, 0.2) is 0 Å². The quantitative estimate of drug-likeness (QED) is 0.610. The zero-order valence-corrected chi connectivity index (χ0v) is 10.7. The molecule has 0 saturated carbocycles. The fourth-order valence-electron chi connectivity index (χ4n) is 1.50. The van der Waals surface area contributed by atoms with E-state index in [1.165, 1.54) is 0 Å². The second-order valence-corrected chi connectivity index (χ2v) is 4.03. The topological polar surface area (TPSA) is 29.5 Å². The lowest BCUT2D eigenvalue weighted by Crippen LogP contribution is -2.42. The summed E-state index contributed by atoms with van der Waals surface area (Å²) in [6.45, 7) is 12.5. The molecule has 0 aliphatic heterocycles. The number of nitrogens with zero attached hydrogens (tertiary/aromatic N) is 1. The van der Waals surface area contributed by atoms with Crippen LogP contribution in [0.3, 0.4) is 0 Å². The SMILES string of the molecule is CCOC(=O)C(C)N(CC)CC(C)CC. The number of rotatable bonds is 7. The van der Waals surface area contributed by atoms with Gasteiger partial charge in [-0.1, -0.05) is 27.2 Å². The maximum atomic E-state index is 11.5. The summed E-state index contributed by atoms with van der Waals surface area (Å²) in [5, 5.41) is 0. The zero-order valence-electron chi connectivity index (χ0n) is 10.7. The van der Waals surface area contributed by atoms with Crippen molar-refractivity contribution in [3.05, 3.63) is 0 Å². The minimum atomic E-state index is -0.121. The average Bonchev–Trinajstić information content (AvgIpc) is 2.24. The van der Waals surface area contributed by atoms with Crippen molar-refractivity contribution in [2.24, 2.45) is 5.92 Å². The van der Waals surface area contributed by atoms with E-state index in [-0.39, 0.29) is 12.0 Å². The van der Waals surface area contributed by atoms with Crippen molar-refractivity contribution in [1.82, 2.24) is 4.90 Å². The summed E-state index contributed by atoms with van der Waals surface area (Å²) in [6.07, 6.45) is 1.14. The molecular formula is C12H25NO2. The minimum absolute atomic E-state index is 0.109. The summed E-state index contributed by atoms with van der Waals surface area (Å²) in [7, 11) is 0. The molecule has 3 nitrogen and oxygen atoms in total. The van der Waals surface area contributed by atoms with Crippen LogP contribution >= 0.6 is 0 Å². The average molecular weight is 215 g/mol. The van der Waals surface area contributed by atoms with Gasteiger partial charge in [0.2, 0.25) is 0 Å². The lowest BCUT2D eigenvalue weighted by molar-refractivity contribution is -0.149. The Morgan fingerprint density at radius 2 is 1.87 bits per heavy atom. The van der Waals surface area contributed by atoms with Gasteiger partial charge in [0.15, 0.2) is 0 Å². The molecule has 2 atom stereocenters. The Morgan fingerprint density at radius 1 is 1.27 bits per heavy atom. The summed E-state index contributed by atoms with van der Waals surface area (Å²) in [4.78, 5) is 13.7. The smallest absolute Gasteiger partial charge is 0.323 e. The van der Waals surface area contributed by atoms with Gasteiger partial charge >= 0.3 is 5.97 Å². The maximum Gasteiger partial charge on any atom is 0.323 e. The number of ether oxygens (including phenoxy) is 1. The molecule has 0 aliphatic carbocycles. The Morgan fingerprint density at radius 3 is 2.27 bits per heavy atom. The highest BCUT2D eigenvalue weighted by molar-refractivity contribution is 5.75. The van der Waals surface area contributed by atoms with Gasteiger partial charge in [-0.15, -0.1) is 0 Å². The van der Waals surface area contributed by atoms with Crippen LogP contribution in [0.2, 0.25) is 0 Å².